The maximum absolute atomic E-state index is 11.9. The minimum atomic E-state index is -0.897. The van der Waals surface area contributed by atoms with Crippen LogP contribution in [0.1, 0.15) is 19.4 Å². The van der Waals surface area contributed by atoms with E-state index >= 15 is 0 Å². The molecule has 0 radical (unpaired) electrons. The summed E-state index contributed by atoms with van der Waals surface area (Å²) in [6.45, 7) is 9.43. The average Bonchev–Trinajstić information content (AvgIpc) is 2.56. The molecule has 0 spiro atoms. The molecule has 6 nitrogen and oxygen atoms in total. The van der Waals surface area contributed by atoms with Crippen LogP contribution in [0.15, 0.2) is 36.9 Å². The highest BCUT2D eigenvalue weighted by atomic mass is 16.6. The van der Waals surface area contributed by atoms with Crippen molar-refractivity contribution >= 4 is 11.9 Å². The number of hydrogen-bond acceptors (Lipinski definition) is 5. The van der Waals surface area contributed by atoms with E-state index in [0.29, 0.717) is 13.2 Å². The van der Waals surface area contributed by atoms with Crippen LogP contribution in [0.2, 0.25) is 0 Å². The molecule has 0 fully saturated rings. The molecule has 0 aliphatic rings. The van der Waals surface area contributed by atoms with Crippen molar-refractivity contribution in [3.63, 3.8) is 0 Å². The average molecular weight is 335 g/mol. The molecule has 0 saturated carbocycles. The second-order valence-corrected chi connectivity index (χ2v) is 5.30. The lowest BCUT2D eigenvalue weighted by Gasteiger charge is -2.16. The van der Waals surface area contributed by atoms with Crippen LogP contribution < -0.4 is 10.1 Å². The predicted octanol–water partition coefficient (Wildman–Crippen LogP) is 2.01. The molecule has 1 rings (SSSR count). The first-order valence-corrected chi connectivity index (χ1v) is 7.84. The number of ether oxygens (including phenoxy) is 3. The number of aryl methyl sites for hydroxylation is 1. The van der Waals surface area contributed by atoms with E-state index in [-0.39, 0.29) is 12.5 Å². The SMILES string of the molecule is C=CCOC(C)C(=O)OC(C)C(=O)NCCOc1cccc(C)c1. The van der Waals surface area contributed by atoms with Gasteiger partial charge in [-0.2, -0.15) is 0 Å². The van der Waals surface area contributed by atoms with Crippen LogP contribution in [0.25, 0.3) is 0 Å². The fraction of sp³-hybridized carbons (Fsp3) is 0.444. The quantitative estimate of drug-likeness (QED) is 0.402. The summed E-state index contributed by atoms with van der Waals surface area (Å²) in [7, 11) is 0. The van der Waals surface area contributed by atoms with Gasteiger partial charge in [0.25, 0.3) is 5.91 Å². The number of carbonyl (C=O) groups excluding carboxylic acids is 2. The van der Waals surface area contributed by atoms with Gasteiger partial charge in [-0.1, -0.05) is 18.2 Å². The summed E-state index contributed by atoms with van der Waals surface area (Å²) in [5.41, 5.74) is 1.10. The minimum absolute atomic E-state index is 0.243. The van der Waals surface area contributed by atoms with Crippen molar-refractivity contribution in [1.82, 2.24) is 5.32 Å². The van der Waals surface area contributed by atoms with Crippen LogP contribution in [0.3, 0.4) is 0 Å². The zero-order valence-electron chi connectivity index (χ0n) is 14.4. The van der Waals surface area contributed by atoms with E-state index in [1.807, 2.05) is 31.2 Å². The first-order chi connectivity index (χ1) is 11.4. The zero-order valence-corrected chi connectivity index (χ0v) is 14.4. The summed E-state index contributed by atoms with van der Waals surface area (Å²) >= 11 is 0. The Morgan fingerprint density at radius 2 is 2.04 bits per heavy atom. The van der Waals surface area contributed by atoms with E-state index in [1.54, 1.807) is 6.92 Å². The van der Waals surface area contributed by atoms with Gasteiger partial charge in [-0.25, -0.2) is 4.79 Å². The summed E-state index contributed by atoms with van der Waals surface area (Å²) < 4.78 is 15.7. The number of rotatable bonds is 10. The predicted molar refractivity (Wildman–Crippen MR) is 90.8 cm³/mol. The number of esters is 1. The van der Waals surface area contributed by atoms with E-state index in [4.69, 9.17) is 14.2 Å². The first-order valence-electron chi connectivity index (χ1n) is 7.84. The summed E-state index contributed by atoms with van der Waals surface area (Å²) in [5.74, 6) is -0.223. The number of benzene rings is 1. The van der Waals surface area contributed by atoms with E-state index in [1.165, 1.54) is 13.0 Å². The van der Waals surface area contributed by atoms with Crippen molar-refractivity contribution in [1.29, 1.82) is 0 Å². The van der Waals surface area contributed by atoms with Gasteiger partial charge in [0.05, 0.1) is 13.2 Å². The smallest absolute Gasteiger partial charge is 0.335 e. The molecule has 6 heteroatoms. The van der Waals surface area contributed by atoms with Crippen LogP contribution in [-0.2, 0) is 19.1 Å². The van der Waals surface area contributed by atoms with Crippen molar-refractivity contribution in [3.05, 3.63) is 42.5 Å². The highest BCUT2D eigenvalue weighted by Gasteiger charge is 2.21. The Labute approximate surface area is 142 Å². The maximum atomic E-state index is 11.9. The lowest BCUT2D eigenvalue weighted by molar-refractivity contribution is -0.164. The van der Waals surface area contributed by atoms with Gasteiger partial charge in [0, 0.05) is 0 Å². The Bertz CT molecular complexity index is 558. The third kappa shape index (κ3) is 7.28. The molecule has 132 valence electrons. The zero-order chi connectivity index (χ0) is 17.9. The normalized spacial score (nSPS) is 12.8. The van der Waals surface area contributed by atoms with Gasteiger partial charge in [0.2, 0.25) is 0 Å². The molecular weight excluding hydrogens is 310 g/mol. The Morgan fingerprint density at radius 1 is 1.29 bits per heavy atom. The van der Waals surface area contributed by atoms with Crippen molar-refractivity contribution in [2.45, 2.75) is 33.0 Å². The fourth-order valence-corrected chi connectivity index (χ4v) is 1.80. The van der Waals surface area contributed by atoms with Gasteiger partial charge in [0.15, 0.2) is 12.2 Å². The topological polar surface area (TPSA) is 73.9 Å². The van der Waals surface area contributed by atoms with Crippen LogP contribution in [0.5, 0.6) is 5.75 Å². The molecule has 1 aromatic carbocycles. The van der Waals surface area contributed by atoms with Crippen LogP contribution in [-0.4, -0.2) is 43.8 Å². The summed E-state index contributed by atoms with van der Waals surface area (Å²) in [6.07, 6.45) is -0.108. The molecule has 1 aromatic rings. The molecule has 0 aliphatic carbocycles. The Hall–Kier alpha value is -2.34. The van der Waals surface area contributed by atoms with E-state index in [2.05, 4.69) is 11.9 Å². The van der Waals surface area contributed by atoms with E-state index in [9.17, 15) is 9.59 Å². The van der Waals surface area contributed by atoms with Gasteiger partial charge in [-0.15, -0.1) is 6.58 Å². The van der Waals surface area contributed by atoms with E-state index < -0.39 is 18.2 Å². The van der Waals surface area contributed by atoms with Crippen molar-refractivity contribution in [2.24, 2.45) is 0 Å². The third-order valence-electron chi connectivity index (χ3n) is 3.12. The first kappa shape index (κ1) is 19.7. The Morgan fingerprint density at radius 3 is 2.71 bits per heavy atom. The Balaban J connectivity index is 2.26. The van der Waals surface area contributed by atoms with Crippen LogP contribution in [0.4, 0.5) is 0 Å². The lowest BCUT2D eigenvalue weighted by Crippen LogP contribution is -2.39. The maximum Gasteiger partial charge on any atom is 0.335 e. The molecule has 2 unspecified atom stereocenters. The highest BCUT2D eigenvalue weighted by molar-refractivity contribution is 5.84. The largest absolute Gasteiger partial charge is 0.492 e. The van der Waals surface area contributed by atoms with Crippen LogP contribution in [0, 0.1) is 6.92 Å². The molecule has 0 bridgehead atoms. The fourth-order valence-electron chi connectivity index (χ4n) is 1.80. The van der Waals surface area contributed by atoms with Crippen molar-refractivity contribution < 1.29 is 23.8 Å². The summed E-state index contributed by atoms with van der Waals surface area (Å²) in [5, 5.41) is 2.66. The highest BCUT2D eigenvalue weighted by Crippen LogP contribution is 2.11. The second kappa shape index (κ2) is 10.4. The van der Waals surface area contributed by atoms with Gasteiger partial charge in [0.1, 0.15) is 12.4 Å². The summed E-state index contributed by atoms with van der Waals surface area (Å²) in [6, 6.07) is 7.64. The van der Waals surface area contributed by atoms with Gasteiger partial charge in [-0.05, 0) is 38.5 Å². The molecule has 1 amide bonds. The number of hydrogen-bond donors (Lipinski definition) is 1. The second-order valence-electron chi connectivity index (χ2n) is 5.30. The molecule has 0 saturated heterocycles. The molecule has 1 N–H and O–H groups in total. The van der Waals surface area contributed by atoms with Gasteiger partial charge in [-0.3, -0.25) is 4.79 Å². The number of amides is 1. The standard InChI is InChI=1S/C18H25NO5/c1-5-10-22-15(4)18(21)24-14(3)17(20)19-9-11-23-16-8-6-7-13(2)12-16/h5-8,12,14-15H,1,9-11H2,2-4H3,(H,19,20). The molecular formula is C18H25NO5. The van der Waals surface area contributed by atoms with E-state index in [0.717, 1.165) is 11.3 Å². The lowest BCUT2D eigenvalue weighted by atomic mass is 10.2. The minimum Gasteiger partial charge on any atom is -0.492 e. The Kier molecular flexibility index (Phi) is 8.57. The molecule has 2 atom stereocenters. The van der Waals surface area contributed by atoms with Gasteiger partial charge < -0.3 is 19.5 Å². The molecule has 0 aliphatic heterocycles. The molecule has 0 aromatic heterocycles. The van der Waals surface area contributed by atoms with Crippen molar-refractivity contribution in [2.75, 3.05) is 19.8 Å². The van der Waals surface area contributed by atoms with Gasteiger partial charge >= 0.3 is 5.97 Å². The monoisotopic (exact) mass is 335 g/mol. The summed E-state index contributed by atoms with van der Waals surface area (Å²) in [4.78, 5) is 23.6. The number of nitrogens with one attached hydrogen (secondary N) is 1. The third-order valence-corrected chi connectivity index (χ3v) is 3.12. The molecule has 24 heavy (non-hydrogen) atoms. The van der Waals surface area contributed by atoms with Crippen molar-refractivity contribution in [3.8, 4) is 5.75 Å². The molecule has 0 heterocycles. The number of carbonyl (C=O) groups is 2. The van der Waals surface area contributed by atoms with Crippen LogP contribution >= 0.6 is 0 Å².